The van der Waals surface area contributed by atoms with Crippen molar-refractivity contribution in [2.24, 2.45) is 0 Å². The second kappa shape index (κ2) is 4.61. The summed E-state index contributed by atoms with van der Waals surface area (Å²) in [4.78, 5) is 22.9. The predicted octanol–water partition coefficient (Wildman–Crippen LogP) is 1.74. The summed E-state index contributed by atoms with van der Waals surface area (Å²) in [6.07, 6.45) is -3.94. The molecule has 0 bridgehead atoms. The number of carbonyl (C=O) groups excluding carboxylic acids is 2. The maximum absolute atomic E-state index is 12.3. The lowest BCUT2D eigenvalue weighted by atomic mass is 10.2. The van der Waals surface area contributed by atoms with Crippen LogP contribution in [0.1, 0.15) is 19.8 Å². The predicted molar refractivity (Wildman–Crippen MR) is 51.1 cm³/mol. The van der Waals surface area contributed by atoms with Crippen LogP contribution in [0, 0.1) is 0 Å². The van der Waals surface area contributed by atoms with Gasteiger partial charge in [0.15, 0.2) is 5.78 Å². The van der Waals surface area contributed by atoms with Gasteiger partial charge in [0.25, 0.3) is 0 Å². The second-order valence-electron chi connectivity index (χ2n) is 3.72. The Morgan fingerprint density at radius 2 is 1.94 bits per heavy atom. The van der Waals surface area contributed by atoms with Crippen molar-refractivity contribution in [1.82, 2.24) is 4.90 Å². The number of amides is 1. The van der Waals surface area contributed by atoms with E-state index in [9.17, 15) is 22.8 Å². The van der Waals surface area contributed by atoms with Gasteiger partial charge in [-0.2, -0.15) is 13.2 Å². The molecule has 1 saturated carbocycles. The van der Waals surface area contributed by atoms with Crippen molar-refractivity contribution in [3.05, 3.63) is 0 Å². The van der Waals surface area contributed by atoms with Crippen LogP contribution >= 0.6 is 11.6 Å². The smallest absolute Gasteiger partial charge is 0.322 e. The van der Waals surface area contributed by atoms with E-state index in [0.717, 1.165) is 0 Å². The molecular weight excluding hydrogens is 247 g/mol. The molecule has 1 amide bonds. The van der Waals surface area contributed by atoms with Gasteiger partial charge in [-0.15, -0.1) is 11.6 Å². The number of ketones is 1. The summed E-state index contributed by atoms with van der Waals surface area (Å²) < 4.78 is 36.8. The Labute approximate surface area is 95.5 Å². The molecule has 1 rings (SSSR count). The standard InChI is InChI=1S/C9H11ClF3NO2/c1-5(7(15)4-10)14(6-2-3-6)8(16)9(11,12)13/h5-6H,2-4H2,1H3. The third-order valence-electron chi connectivity index (χ3n) is 2.43. The van der Waals surface area contributed by atoms with E-state index < -0.39 is 35.8 Å². The highest BCUT2D eigenvalue weighted by Crippen LogP contribution is 2.32. The number of hydrogen-bond acceptors (Lipinski definition) is 2. The molecule has 3 nitrogen and oxygen atoms in total. The summed E-state index contributed by atoms with van der Waals surface area (Å²) in [6.45, 7) is 1.27. The first-order chi connectivity index (χ1) is 7.29. The number of alkyl halides is 4. The Hall–Kier alpha value is -0.780. The Kier molecular flexibility index (Phi) is 3.83. The fraction of sp³-hybridized carbons (Fsp3) is 0.778. The van der Waals surface area contributed by atoms with Crippen LogP contribution in [-0.4, -0.2) is 40.7 Å². The lowest BCUT2D eigenvalue weighted by molar-refractivity contribution is -0.188. The highest BCUT2D eigenvalue weighted by Gasteiger charge is 2.49. The third kappa shape index (κ3) is 2.87. The highest BCUT2D eigenvalue weighted by molar-refractivity contribution is 6.28. The number of halogens is 4. The number of hydrogen-bond donors (Lipinski definition) is 0. The Morgan fingerprint density at radius 1 is 1.44 bits per heavy atom. The van der Waals surface area contributed by atoms with Crippen LogP contribution in [0.15, 0.2) is 0 Å². The van der Waals surface area contributed by atoms with E-state index in [4.69, 9.17) is 11.6 Å². The van der Waals surface area contributed by atoms with Crippen LogP contribution in [0.25, 0.3) is 0 Å². The lowest BCUT2D eigenvalue weighted by Gasteiger charge is -2.28. The van der Waals surface area contributed by atoms with E-state index >= 15 is 0 Å². The van der Waals surface area contributed by atoms with Crippen LogP contribution in [0.3, 0.4) is 0 Å². The summed E-state index contributed by atoms with van der Waals surface area (Å²) in [5, 5.41) is 0. The molecule has 92 valence electrons. The van der Waals surface area contributed by atoms with Crippen LogP contribution in [-0.2, 0) is 9.59 Å². The van der Waals surface area contributed by atoms with E-state index in [-0.39, 0.29) is 0 Å². The van der Waals surface area contributed by atoms with Gasteiger partial charge in [0.05, 0.1) is 11.9 Å². The van der Waals surface area contributed by atoms with E-state index in [1.54, 1.807) is 0 Å². The molecule has 0 N–H and O–H groups in total. The fourth-order valence-corrected chi connectivity index (χ4v) is 1.65. The maximum Gasteiger partial charge on any atom is 0.471 e. The molecule has 0 aliphatic heterocycles. The van der Waals surface area contributed by atoms with Gasteiger partial charge in [0.2, 0.25) is 0 Å². The van der Waals surface area contributed by atoms with Crippen molar-refractivity contribution in [3.63, 3.8) is 0 Å². The summed E-state index contributed by atoms with van der Waals surface area (Å²) in [6, 6.07) is -1.59. The molecule has 0 aromatic carbocycles. The molecule has 0 spiro atoms. The van der Waals surface area contributed by atoms with Crippen LogP contribution in [0.2, 0.25) is 0 Å². The van der Waals surface area contributed by atoms with Gasteiger partial charge in [-0.05, 0) is 19.8 Å². The first-order valence-electron chi connectivity index (χ1n) is 4.77. The molecule has 1 unspecified atom stereocenters. The third-order valence-corrected chi connectivity index (χ3v) is 2.70. The SMILES string of the molecule is CC(C(=O)CCl)N(C(=O)C(F)(F)F)C1CC1. The van der Waals surface area contributed by atoms with E-state index in [1.165, 1.54) is 6.92 Å². The van der Waals surface area contributed by atoms with E-state index in [2.05, 4.69) is 0 Å². The molecule has 0 saturated heterocycles. The number of Topliss-reactive ketones (excluding diaryl/α,β-unsaturated/α-hetero) is 1. The highest BCUT2D eigenvalue weighted by atomic mass is 35.5. The maximum atomic E-state index is 12.3. The fourth-order valence-electron chi connectivity index (χ4n) is 1.42. The molecule has 1 aliphatic rings. The van der Waals surface area contributed by atoms with Gasteiger partial charge >= 0.3 is 12.1 Å². The lowest BCUT2D eigenvalue weighted by Crippen LogP contribution is -2.50. The zero-order valence-corrected chi connectivity index (χ0v) is 9.31. The quantitative estimate of drug-likeness (QED) is 0.720. The molecular formula is C9H11ClF3NO2. The Morgan fingerprint density at radius 3 is 2.25 bits per heavy atom. The second-order valence-corrected chi connectivity index (χ2v) is 3.98. The van der Waals surface area contributed by atoms with Crippen molar-refractivity contribution in [2.75, 3.05) is 5.88 Å². The minimum absolute atomic E-state index is 0.393. The Bertz CT molecular complexity index is 302. The minimum atomic E-state index is -4.94. The molecule has 16 heavy (non-hydrogen) atoms. The monoisotopic (exact) mass is 257 g/mol. The summed E-state index contributed by atoms with van der Waals surface area (Å²) in [5.41, 5.74) is 0. The number of nitrogens with zero attached hydrogens (tertiary/aromatic N) is 1. The van der Waals surface area contributed by atoms with Gasteiger partial charge < -0.3 is 4.90 Å². The Balaban J connectivity index is 2.83. The van der Waals surface area contributed by atoms with E-state index in [1.807, 2.05) is 0 Å². The average molecular weight is 258 g/mol. The minimum Gasteiger partial charge on any atom is -0.322 e. The van der Waals surface area contributed by atoms with Crippen molar-refractivity contribution < 1.29 is 22.8 Å². The molecule has 0 radical (unpaired) electrons. The normalized spacial score (nSPS) is 18.1. The zero-order chi connectivity index (χ0) is 12.5. The molecule has 0 aromatic rings. The molecule has 1 atom stereocenters. The van der Waals surface area contributed by atoms with Crippen LogP contribution in [0.5, 0.6) is 0 Å². The van der Waals surface area contributed by atoms with E-state index in [0.29, 0.717) is 17.7 Å². The molecule has 0 heterocycles. The number of rotatable bonds is 4. The molecule has 1 aliphatic carbocycles. The largest absolute Gasteiger partial charge is 0.471 e. The van der Waals surface area contributed by atoms with Crippen molar-refractivity contribution in [3.8, 4) is 0 Å². The van der Waals surface area contributed by atoms with Gasteiger partial charge in [-0.25, -0.2) is 0 Å². The number of carbonyl (C=O) groups is 2. The summed E-state index contributed by atoms with van der Waals surface area (Å²) >= 11 is 5.27. The first-order valence-corrected chi connectivity index (χ1v) is 5.30. The van der Waals surface area contributed by atoms with Crippen LogP contribution < -0.4 is 0 Å². The first kappa shape index (κ1) is 13.3. The zero-order valence-electron chi connectivity index (χ0n) is 8.55. The van der Waals surface area contributed by atoms with Crippen LogP contribution in [0.4, 0.5) is 13.2 Å². The molecule has 7 heteroatoms. The van der Waals surface area contributed by atoms with Crippen molar-refractivity contribution in [1.29, 1.82) is 0 Å². The van der Waals surface area contributed by atoms with Gasteiger partial charge in [-0.1, -0.05) is 0 Å². The molecule has 0 aromatic heterocycles. The van der Waals surface area contributed by atoms with Gasteiger partial charge in [0, 0.05) is 6.04 Å². The summed E-state index contributed by atoms with van der Waals surface area (Å²) in [5.74, 6) is -2.93. The molecule has 1 fully saturated rings. The van der Waals surface area contributed by atoms with Crippen molar-refractivity contribution >= 4 is 23.3 Å². The average Bonchev–Trinajstić information content (AvgIpc) is 2.99. The van der Waals surface area contributed by atoms with Gasteiger partial charge in [-0.3, -0.25) is 9.59 Å². The van der Waals surface area contributed by atoms with Gasteiger partial charge in [0.1, 0.15) is 0 Å². The topological polar surface area (TPSA) is 37.4 Å². The van der Waals surface area contributed by atoms with Crippen molar-refractivity contribution in [2.45, 2.75) is 38.0 Å². The summed E-state index contributed by atoms with van der Waals surface area (Å²) in [7, 11) is 0.